The van der Waals surface area contributed by atoms with E-state index in [1.807, 2.05) is 18.3 Å². The summed E-state index contributed by atoms with van der Waals surface area (Å²) in [6, 6.07) is 0. The zero-order valence-electron chi connectivity index (χ0n) is 17.3. The number of fused-ring (bicyclic) bond motifs is 3. The number of aryl methyl sites for hydroxylation is 2. The Bertz CT molecular complexity index is 863. The number of esters is 1. The second-order valence-electron chi connectivity index (χ2n) is 8.14. The average Bonchev–Trinajstić information content (AvgIpc) is 3.11. The van der Waals surface area contributed by atoms with Gasteiger partial charge < -0.3 is 9.64 Å². The van der Waals surface area contributed by atoms with Gasteiger partial charge in [0.1, 0.15) is 16.5 Å². The van der Waals surface area contributed by atoms with Crippen LogP contribution < -0.4 is 4.90 Å². The maximum atomic E-state index is 12.4. The van der Waals surface area contributed by atoms with Gasteiger partial charge in [-0.3, -0.25) is 4.79 Å². The van der Waals surface area contributed by atoms with Gasteiger partial charge in [-0.2, -0.15) is 0 Å². The molecule has 1 aliphatic carbocycles. The second-order valence-corrected chi connectivity index (χ2v) is 9.23. The number of carbonyl (C=O) groups is 1. The van der Waals surface area contributed by atoms with Crippen molar-refractivity contribution in [3.63, 3.8) is 0 Å². The van der Waals surface area contributed by atoms with Crippen LogP contribution in [0.1, 0.15) is 75.1 Å². The van der Waals surface area contributed by atoms with Crippen LogP contribution in [0, 0.1) is 5.92 Å². The standard InChI is InChI=1S/C22H31N3O2S/c1-4-14(3)19-23-20(25-12-8-9-15(13-25)22(26)27-5-2)18-16-10-6-7-11-17(16)28-21(18)24-19/h14-15H,4-13H2,1-3H3/t14-,15-/m0/s1. The van der Waals surface area contributed by atoms with Crippen LogP contribution >= 0.6 is 11.3 Å². The summed E-state index contributed by atoms with van der Waals surface area (Å²) in [7, 11) is 0. The number of anilines is 1. The molecule has 3 heterocycles. The molecule has 0 bridgehead atoms. The summed E-state index contributed by atoms with van der Waals surface area (Å²) in [5.74, 6) is 2.23. The van der Waals surface area contributed by atoms with Crippen LogP contribution in [0.5, 0.6) is 0 Å². The van der Waals surface area contributed by atoms with Crippen LogP contribution in [-0.2, 0) is 22.4 Å². The van der Waals surface area contributed by atoms with Gasteiger partial charge in [0.2, 0.25) is 0 Å². The first-order valence-corrected chi connectivity index (χ1v) is 11.7. The van der Waals surface area contributed by atoms with Crippen molar-refractivity contribution in [2.24, 2.45) is 5.92 Å². The highest BCUT2D eigenvalue weighted by Gasteiger charge is 2.31. The highest BCUT2D eigenvalue weighted by molar-refractivity contribution is 7.19. The molecule has 1 fully saturated rings. The van der Waals surface area contributed by atoms with Gasteiger partial charge in [0, 0.05) is 23.9 Å². The third kappa shape index (κ3) is 3.63. The normalized spacial score (nSPS) is 20.8. The van der Waals surface area contributed by atoms with E-state index in [2.05, 4.69) is 18.7 Å². The molecular weight excluding hydrogens is 370 g/mol. The molecule has 1 aliphatic heterocycles. The predicted molar refractivity (Wildman–Crippen MR) is 114 cm³/mol. The van der Waals surface area contributed by atoms with Gasteiger partial charge in [-0.15, -0.1) is 11.3 Å². The molecule has 2 aliphatic rings. The number of piperidine rings is 1. The lowest BCUT2D eigenvalue weighted by Gasteiger charge is -2.33. The Kier molecular flexibility index (Phi) is 5.85. The average molecular weight is 402 g/mol. The summed E-state index contributed by atoms with van der Waals surface area (Å²) in [6.07, 6.45) is 7.75. The van der Waals surface area contributed by atoms with Crippen LogP contribution in [0.4, 0.5) is 5.82 Å². The molecule has 28 heavy (non-hydrogen) atoms. The molecule has 2 aromatic rings. The summed E-state index contributed by atoms with van der Waals surface area (Å²) in [5.41, 5.74) is 1.47. The molecule has 2 atom stereocenters. The number of hydrogen-bond acceptors (Lipinski definition) is 6. The Morgan fingerprint density at radius 2 is 2.07 bits per heavy atom. The first-order valence-electron chi connectivity index (χ1n) is 10.9. The molecule has 0 saturated carbocycles. The van der Waals surface area contributed by atoms with E-state index in [0.717, 1.165) is 48.7 Å². The van der Waals surface area contributed by atoms with Crippen molar-refractivity contribution in [1.82, 2.24) is 9.97 Å². The van der Waals surface area contributed by atoms with E-state index in [4.69, 9.17) is 14.7 Å². The molecule has 0 spiro atoms. The third-order valence-corrected chi connectivity index (χ3v) is 7.39. The van der Waals surface area contributed by atoms with E-state index in [0.29, 0.717) is 19.1 Å². The fourth-order valence-electron chi connectivity index (χ4n) is 4.41. The number of rotatable bonds is 5. The Morgan fingerprint density at radius 3 is 2.86 bits per heavy atom. The van der Waals surface area contributed by atoms with Crippen molar-refractivity contribution in [1.29, 1.82) is 0 Å². The molecule has 4 rings (SSSR count). The lowest BCUT2D eigenvalue weighted by atomic mass is 9.95. The lowest BCUT2D eigenvalue weighted by Crippen LogP contribution is -2.40. The summed E-state index contributed by atoms with van der Waals surface area (Å²) >= 11 is 1.87. The summed E-state index contributed by atoms with van der Waals surface area (Å²) in [5, 5.41) is 1.26. The number of carbonyl (C=O) groups excluding carboxylic acids is 1. The lowest BCUT2D eigenvalue weighted by molar-refractivity contribution is -0.148. The Hall–Kier alpha value is -1.69. The van der Waals surface area contributed by atoms with Crippen molar-refractivity contribution in [2.75, 3.05) is 24.6 Å². The van der Waals surface area contributed by atoms with Crippen LogP contribution in [-0.4, -0.2) is 35.6 Å². The fraction of sp³-hybridized carbons (Fsp3) is 0.682. The van der Waals surface area contributed by atoms with Crippen LogP contribution in [0.3, 0.4) is 0 Å². The van der Waals surface area contributed by atoms with Crippen molar-refractivity contribution < 1.29 is 9.53 Å². The Morgan fingerprint density at radius 1 is 1.25 bits per heavy atom. The predicted octanol–water partition coefficient (Wildman–Crippen LogP) is 4.86. The molecule has 6 heteroatoms. The molecule has 0 amide bonds. The van der Waals surface area contributed by atoms with Crippen molar-refractivity contribution in [3.05, 3.63) is 16.3 Å². The Labute approximate surface area is 171 Å². The van der Waals surface area contributed by atoms with Gasteiger partial charge in [-0.05, 0) is 57.4 Å². The van der Waals surface area contributed by atoms with E-state index in [1.165, 1.54) is 35.1 Å². The van der Waals surface area contributed by atoms with Crippen molar-refractivity contribution in [2.45, 2.75) is 71.6 Å². The molecule has 0 radical (unpaired) electrons. The molecule has 0 unspecified atom stereocenters. The number of aromatic nitrogens is 2. The molecule has 152 valence electrons. The molecular formula is C22H31N3O2S. The van der Waals surface area contributed by atoms with E-state index < -0.39 is 0 Å². The Balaban J connectivity index is 1.77. The molecule has 0 N–H and O–H groups in total. The highest BCUT2D eigenvalue weighted by Crippen LogP contribution is 2.41. The van der Waals surface area contributed by atoms with E-state index in [-0.39, 0.29) is 11.9 Å². The van der Waals surface area contributed by atoms with Crippen LogP contribution in [0.15, 0.2) is 0 Å². The molecule has 0 aromatic carbocycles. The number of nitrogens with zero attached hydrogens (tertiary/aromatic N) is 3. The number of ether oxygens (including phenoxy) is 1. The minimum absolute atomic E-state index is 0.0553. The smallest absolute Gasteiger partial charge is 0.310 e. The topological polar surface area (TPSA) is 55.3 Å². The van der Waals surface area contributed by atoms with Gasteiger partial charge >= 0.3 is 5.97 Å². The molecule has 1 saturated heterocycles. The minimum Gasteiger partial charge on any atom is -0.466 e. The second kappa shape index (κ2) is 8.36. The van der Waals surface area contributed by atoms with Gasteiger partial charge in [0.25, 0.3) is 0 Å². The maximum Gasteiger partial charge on any atom is 0.310 e. The monoisotopic (exact) mass is 401 g/mol. The van der Waals surface area contributed by atoms with Crippen LogP contribution in [0.2, 0.25) is 0 Å². The summed E-state index contributed by atoms with van der Waals surface area (Å²) in [6.45, 7) is 8.37. The van der Waals surface area contributed by atoms with E-state index >= 15 is 0 Å². The van der Waals surface area contributed by atoms with Crippen molar-refractivity contribution in [3.8, 4) is 0 Å². The first kappa shape index (κ1) is 19.6. The highest BCUT2D eigenvalue weighted by atomic mass is 32.1. The zero-order valence-corrected chi connectivity index (χ0v) is 18.1. The SMILES string of the molecule is CCOC(=O)[C@H]1CCCN(c2nc([C@@H](C)CC)nc3sc4c(c23)CCCC4)C1. The van der Waals surface area contributed by atoms with E-state index in [1.54, 1.807) is 0 Å². The minimum atomic E-state index is -0.0630. The summed E-state index contributed by atoms with van der Waals surface area (Å²) in [4.78, 5) is 27.4. The summed E-state index contributed by atoms with van der Waals surface area (Å²) < 4.78 is 5.31. The number of thiophene rings is 1. The van der Waals surface area contributed by atoms with Crippen LogP contribution in [0.25, 0.3) is 10.2 Å². The first-order chi connectivity index (χ1) is 13.6. The third-order valence-electron chi connectivity index (χ3n) is 6.21. The van der Waals surface area contributed by atoms with Gasteiger partial charge in [0.05, 0.1) is 17.9 Å². The largest absolute Gasteiger partial charge is 0.466 e. The number of hydrogen-bond donors (Lipinski definition) is 0. The maximum absolute atomic E-state index is 12.4. The van der Waals surface area contributed by atoms with Gasteiger partial charge in [-0.1, -0.05) is 13.8 Å². The fourth-order valence-corrected chi connectivity index (χ4v) is 5.67. The molecule has 5 nitrogen and oxygen atoms in total. The molecule has 2 aromatic heterocycles. The zero-order chi connectivity index (χ0) is 19.7. The quantitative estimate of drug-likeness (QED) is 0.670. The van der Waals surface area contributed by atoms with Gasteiger partial charge in [-0.25, -0.2) is 9.97 Å². The van der Waals surface area contributed by atoms with Crippen molar-refractivity contribution >= 4 is 33.3 Å². The van der Waals surface area contributed by atoms with Gasteiger partial charge in [0.15, 0.2) is 0 Å². The van der Waals surface area contributed by atoms with E-state index in [9.17, 15) is 4.79 Å².